The van der Waals surface area contributed by atoms with Gasteiger partial charge in [-0.25, -0.2) is 4.68 Å². The van der Waals surface area contributed by atoms with E-state index in [1.807, 2.05) is 53.2 Å². The number of fused-ring (bicyclic) bond motifs is 1. The van der Waals surface area contributed by atoms with Crippen molar-refractivity contribution in [2.24, 2.45) is 0 Å². The number of allylic oxidation sites excluding steroid dienone is 2. The van der Waals surface area contributed by atoms with Crippen LogP contribution in [-0.4, -0.2) is 20.5 Å². The first-order valence-electron chi connectivity index (χ1n) is 8.84. The smallest absolute Gasteiger partial charge is 0.226 e. The molecule has 0 bridgehead atoms. The van der Waals surface area contributed by atoms with Crippen LogP contribution in [0.4, 0.5) is 5.95 Å². The van der Waals surface area contributed by atoms with Gasteiger partial charge in [0.25, 0.3) is 0 Å². The average molecular weight is 342 g/mol. The van der Waals surface area contributed by atoms with Crippen molar-refractivity contribution in [3.8, 4) is 0 Å². The van der Waals surface area contributed by atoms with E-state index < -0.39 is 0 Å². The fourth-order valence-corrected chi connectivity index (χ4v) is 4.06. The highest BCUT2D eigenvalue weighted by Gasteiger charge is 2.39. The molecule has 2 unspecified atom stereocenters. The van der Waals surface area contributed by atoms with E-state index in [4.69, 9.17) is 0 Å². The molecule has 2 heterocycles. The molecule has 3 aromatic rings. The van der Waals surface area contributed by atoms with Crippen molar-refractivity contribution in [1.29, 1.82) is 0 Å². The number of benzene rings is 2. The Morgan fingerprint density at radius 2 is 1.62 bits per heavy atom. The number of carbonyl (C=O) groups is 1. The highest BCUT2D eigenvalue weighted by Crippen LogP contribution is 2.43. The topological polar surface area (TPSA) is 59.8 Å². The van der Waals surface area contributed by atoms with Gasteiger partial charge in [-0.05, 0) is 23.5 Å². The Bertz CT molecular complexity index is 991. The first kappa shape index (κ1) is 15.1. The van der Waals surface area contributed by atoms with Crippen molar-refractivity contribution >= 4 is 11.7 Å². The van der Waals surface area contributed by atoms with Crippen LogP contribution in [-0.2, 0) is 4.79 Å². The maximum absolute atomic E-state index is 13.2. The maximum Gasteiger partial charge on any atom is 0.226 e. The molecule has 5 rings (SSSR count). The molecule has 0 fully saturated rings. The lowest BCUT2D eigenvalue weighted by atomic mass is 9.78. The third-order valence-corrected chi connectivity index (χ3v) is 5.25. The predicted octanol–water partition coefficient (Wildman–Crippen LogP) is 3.69. The fraction of sp³-hybridized carbons (Fsp3) is 0.190. The van der Waals surface area contributed by atoms with Gasteiger partial charge in [0.2, 0.25) is 5.95 Å². The molecule has 1 aromatic heterocycles. The number of anilines is 1. The number of nitrogens with one attached hydrogen (secondary N) is 1. The number of Topliss-reactive ketones (excluding diaryl/α,β-unsaturated/α-hetero) is 1. The van der Waals surface area contributed by atoms with E-state index in [0.717, 1.165) is 23.3 Å². The van der Waals surface area contributed by atoms with Gasteiger partial charge in [-0.2, -0.15) is 10.1 Å². The first-order chi connectivity index (χ1) is 12.8. The second-order valence-corrected chi connectivity index (χ2v) is 6.80. The molecular formula is C21H18N4O. The Labute approximate surface area is 151 Å². The van der Waals surface area contributed by atoms with E-state index in [2.05, 4.69) is 27.5 Å². The van der Waals surface area contributed by atoms with E-state index in [0.29, 0.717) is 12.4 Å². The normalized spacial score (nSPS) is 21.8. The van der Waals surface area contributed by atoms with Gasteiger partial charge in [0.1, 0.15) is 12.4 Å². The molecule has 2 aromatic carbocycles. The zero-order valence-corrected chi connectivity index (χ0v) is 14.2. The van der Waals surface area contributed by atoms with Gasteiger partial charge in [-0.3, -0.25) is 4.79 Å². The van der Waals surface area contributed by atoms with Crippen molar-refractivity contribution in [3.63, 3.8) is 0 Å². The summed E-state index contributed by atoms with van der Waals surface area (Å²) in [6.07, 6.45) is 2.87. The van der Waals surface area contributed by atoms with E-state index in [1.54, 1.807) is 0 Å². The van der Waals surface area contributed by atoms with Gasteiger partial charge in [-0.1, -0.05) is 60.7 Å². The summed E-state index contributed by atoms with van der Waals surface area (Å²) in [6, 6.07) is 20.1. The summed E-state index contributed by atoms with van der Waals surface area (Å²) in [5, 5.41) is 7.73. The third-order valence-electron chi connectivity index (χ3n) is 5.25. The quantitative estimate of drug-likeness (QED) is 0.771. The molecule has 5 heteroatoms. The molecule has 0 saturated heterocycles. The van der Waals surface area contributed by atoms with Crippen molar-refractivity contribution < 1.29 is 4.79 Å². The minimum atomic E-state index is -0.214. The van der Waals surface area contributed by atoms with Crippen molar-refractivity contribution in [2.75, 3.05) is 5.32 Å². The fourth-order valence-electron chi connectivity index (χ4n) is 4.06. The van der Waals surface area contributed by atoms with Crippen molar-refractivity contribution in [2.45, 2.75) is 24.8 Å². The molecule has 1 aliphatic heterocycles. The molecule has 1 aliphatic carbocycles. The lowest BCUT2D eigenvalue weighted by Crippen LogP contribution is -2.33. The van der Waals surface area contributed by atoms with Crippen LogP contribution in [0.25, 0.3) is 0 Å². The van der Waals surface area contributed by atoms with Crippen LogP contribution in [0.3, 0.4) is 0 Å². The number of rotatable bonds is 2. The molecule has 2 atom stereocenters. The van der Waals surface area contributed by atoms with E-state index >= 15 is 0 Å². The molecule has 2 aliphatic rings. The van der Waals surface area contributed by atoms with Gasteiger partial charge < -0.3 is 5.32 Å². The largest absolute Gasteiger partial charge is 0.328 e. The van der Waals surface area contributed by atoms with Gasteiger partial charge in [-0.15, -0.1) is 0 Å². The summed E-state index contributed by atoms with van der Waals surface area (Å²) in [7, 11) is 0. The summed E-state index contributed by atoms with van der Waals surface area (Å²) in [4.78, 5) is 17.5. The number of carbonyl (C=O) groups excluding carboxylic acids is 1. The van der Waals surface area contributed by atoms with Crippen LogP contribution in [0.2, 0.25) is 0 Å². The van der Waals surface area contributed by atoms with Crippen molar-refractivity contribution in [1.82, 2.24) is 14.8 Å². The molecule has 5 nitrogen and oxygen atoms in total. The molecule has 128 valence electrons. The molecule has 0 spiro atoms. The summed E-state index contributed by atoms with van der Waals surface area (Å²) in [6.45, 7) is 0. The number of ketones is 1. The monoisotopic (exact) mass is 342 g/mol. The molecule has 0 saturated carbocycles. The van der Waals surface area contributed by atoms with E-state index in [9.17, 15) is 4.79 Å². The Morgan fingerprint density at radius 1 is 0.923 bits per heavy atom. The first-order valence-corrected chi connectivity index (χ1v) is 8.84. The predicted molar refractivity (Wildman–Crippen MR) is 98.7 cm³/mol. The minimum Gasteiger partial charge on any atom is -0.328 e. The van der Waals surface area contributed by atoms with E-state index in [-0.39, 0.29) is 17.7 Å². The Hall–Kier alpha value is -3.21. The highest BCUT2D eigenvalue weighted by atomic mass is 16.1. The molecule has 0 amide bonds. The van der Waals surface area contributed by atoms with Gasteiger partial charge in [0.15, 0.2) is 5.78 Å². The summed E-state index contributed by atoms with van der Waals surface area (Å²) >= 11 is 0. The Morgan fingerprint density at radius 3 is 2.35 bits per heavy atom. The van der Waals surface area contributed by atoms with Crippen molar-refractivity contribution in [3.05, 3.63) is 89.4 Å². The summed E-state index contributed by atoms with van der Waals surface area (Å²) < 4.78 is 1.81. The van der Waals surface area contributed by atoms with Gasteiger partial charge in [0.05, 0.1) is 0 Å². The molecule has 26 heavy (non-hydrogen) atoms. The number of hydrogen-bond donors (Lipinski definition) is 1. The summed E-state index contributed by atoms with van der Waals surface area (Å²) in [5.74, 6) is 1.07. The van der Waals surface area contributed by atoms with Crippen LogP contribution in [0.15, 0.2) is 78.3 Å². The SMILES string of the molecule is O=C1CC(c2ccccc2)CC2=C1C(c1ccccc1)n1ncnc1N2. The zero-order valence-electron chi connectivity index (χ0n) is 14.2. The Balaban J connectivity index is 1.61. The van der Waals surface area contributed by atoms with Gasteiger partial charge >= 0.3 is 0 Å². The average Bonchev–Trinajstić information content (AvgIpc) is 3.15. The third kappa shape index (κ3) is 2.36. The van der Waals surface area contributed by atoms with Gasteiger partial charge in [0, 0.05) is 17.7 Å². The number of hydrogen-bond acceptors (Lipinski definition) is 4. The van der Waals surface area contributed by atoms with Crippen LogP contribution < -0.4 is 5.32 Å². The number of nitrogens with zero attached hydrogens (tertiary/aromatic N) is 3. The number of aromatic nitrogens is 3. The highest BCUT2D eigenvalue weighted by molar-refractivity contribution is 6.00. The minimum absolute atomic E-state index is 0.183. The van der Waals surface area contributed by atoms with E-state index in [1.165, 1.54) is 11.9 Å². The zero-order chi connectivity index (χ0) is 17.5. The molecular weight excluding hydrogens is 324 g/mol. The maximum atomic E-state index is 13.2. The van der Waals surface area contributed by atoms with Crippen LogP contribution in [0.5, 0.6) is 0 Å². The summed E-state index contributed by atoms with van der Waals surface area (Å²) in [5.41, 5.74) is 4.06. The van der Waals surface area contributed by atoms with Crippen LogP contribution >= 0.6 is 0 Å². The lowest BCUT2D eigenvalue weighted by molar-refractivity contribution is -0.116. The molecule has 0 radical (unpaired) electrons. The molecule has 1 N–H and O–H groups in total. The second kappa shape index (κ2) is 5.95. The van der Waals surface area contributed by atoms with Crippen LogP contribution in [0, 0.1) is 0 Å². The lowest BCUT2D eigenvalue weighted by Gasteiger charge is -2.35. The second-order valence-electron chi connectivity index (χ2n) is 6.80. The van der Waals surface area contributed by atoms with Crippen LogP contribution in [0.1, 0.15) is 35.9 Å². The Kier molecular flexibility index (Phi) is 3.45. The standard InChI is InChI=1S/C21H18N4O/c26-18-12-16(14-7-3-1-4-8-14)11-17-19(18)20(15-9-5-2-6-10-15)25-21(24-17)22-13-23-25/h1-10,13,16,20H,11-12H2,(H,22,23,24).